The highest BCUT2D eigenvalue weighted by molar-refractivity contribution is 7.99. The van der Waals surface area contributed by atoms with Crippen molar-refractivity contribution >= 4 is 29.3 Å². The van der Waals surface area contributed by atoms with Crippen LogP contribution in [0.2, 0.25) is 5.02 Å². The quantitative estimate of drug-likeness (QED) is 0.656. The molecule has 3 aromatic rings. The van der Waals surface area contributed by atoms with Crippen LogP contribution < -0.4 is 5.32 Å². The zero-order chi connectivity index (χ0) is 18.4. The maximum absolute atomic E-state index is 12.0. The molecule has 5 nitrogen and oxygen atoms in total. The molecular formula is C19H18ClN3O2S. The molecule has 0 atom stereocenters. The van der Waals surface area contributed by atoms with Crippen molar-refractivity contribution in [1.82, 2.24) is 15.5 Å². The fourth-order valence-electron chi connectivity index (χ4n) is 2.29. The smallest absolute Gasteiger partial charge is 0.246 e. The zero-order valence-electron chi connectivity index (χ0n) is 14.2. The Kier molecular flexibility index (Phi) is 6.30. The number of nitrogens with one attached hydrogen (secondary N) is 1. The van der Waals surface area contributed by atoms with Gasteiger partial charge in [-0.15, -0.1) is 11.8 Å². The SMILES string of the molecule is Cc1ccccc1CSCC(=O)NCc1nc(-c2ccc(Cl)cc2)no1. The zero-order valence-corrected chi connectivity index (χ0v) is 15.8. The van der Waals surface area contributed by atoms with Crippen LogP contribution in [-0.4, -0.2) is 21.8 Å². The molecule has 0 saturated heterocycles. The summed E-state index contributed by atoms with van der Waals surface area (Å²) in [5.74, 6) is 1.97. The highest BCUT2D eigenvalue weighted by atomic mass is 35.5. The summed E-state index contributed by atoms with van der Waals surface area (Å²) < 4.78 is 5.17. The lowest BCUT2D eigenvalue weighted by Crippen LogP contribution is -2.24. The van der Waals surface area contributed by atoms with Gasteiger partial charge in [0, 0.05) is 16.3 Å². The standard InChI is InChI=1S/C19H18ClN3O2S/c1-13-4-2-3-5-15(13)11-26-12-17(24)21-10-18-22-19(23-25-18)14-6-8-16(20)9-7-14/h2-9H,10-12H2,1H3,(H,21,24). The fraction of sp³-hybridized carbons (Fsp3) is 0.211. The van der Waals surface area contributed by atoms with Crippen LogP contribution in [0.4, 0.5) is 0 Å². The van der Waals surface area contributed by atoms with E-state index in [1.54, 1.807) is 23.9 Å². The van der Waals surface area contributed by atoms with Crippen LogP contribution in [0.25, 0.3) is 11.4 Å². The van der Waals surface area contributed by atoms with Gasteiger partial charge in [0.05, 0.1) is 12.3 Å². The molecule has 0 bridgehead atoms. The van der Waals surface area contributed by atoms with Crippen molar-refractivity contribution in [1.29, 1.82) is 0 Å². The number of amides is 1. The van der Waals surface area contributed by atoms with Crippen LogP contribution in [0.15, 0.2) is 53.1 Å². The third-order valence-corrected chi connectivity index (χ3v) is 4.99. The predicted molar refractivity (Wildman–Crippen MR) is 104 cm³/mol. The van der Waals surface area contributed by atoms with Crippen molar-refractivity contribution in [2.24, 2.45) is 0 Å². The van der Waals surface area contributed by atoms with Crippen molar-refractivity contribution in [3.05, 3.63) is 70.6 Å². The lowest BCUT2D eigenvalue weighted by molar-refractivity contribution is -0.118. The molecule has 0 saturated carbocycles. The van der Waals surface area contributed by atoms with Gasteiger partial charge in [-0.2, -0.15) is 4.98 Å². The number of halogens is 1. The predicted octanol–water partition coefficient (Wildman–Crippen LogP) is 4.25. The lowest BCUT2D eigenvalue weighted by atomic mass is 10.1. The van der Waals surface area contributed by atoms with E-state index in [0.717, 1.165) is 11.3 Å². The molecule has 3 rings (SSSR count). The number of hydrogen-bond acceptors (Lipinski definition) is 5. The van der Waals surface area contributed by atoms with Gasteiger partial charge in [-0.3, -0.25) is 4.79 Å². The summed E-state index contributed by atoms with van der Waals surface area (Å²) >= 11 is 7.44. The van der Waals surface area contributed by atoms with Gasteiger partial charge in [0.1, 0.15) is 0 Å². The first-order chi connectivity index (χ1) is 12.6. The van der Waals surface area contributed by atoms with Crippen molar-refractivity contribution in [2.75, 3.05) is 5.75 Å². The Morgan fingerprint density at radius 3 is 2.73 bits per heavy atom. The molecular weight excluding hydrogens is 370 g/mol. The molecule has 0 aliphatic carbocycles. The minimum Gasteiger partial charge on any atom is -0.346 e. The largest absolute Gasteiger partial charge is 0.346 e. The first-order valence-electron chi connectivity index (χ1n) is 8.09. The lowest BCUT2D eigenvalue weighted by Gasteiger charge is -2.05. The number of nitrogens with zero attached hydrogens (tertiary/aromatic N) is 2. The normalized spacial score (nSPS) is 10.7. The van der Waals surface area contributed by atoms with Gasteiger partial charge < -0.3 is 9.84 Å². The van der Waals surface area contributed by atoms with Crippen molar-refractivity contribution in [2.45, 2.75) is 19.2 Å². The van der Waals surface area contributed by atoms with Crippen LogP contribution in [0.3, 0.4) is 0 Å². The van der Waals surface area contributed by atoms with Crippen molar-refractivity contribution in [3.63, 3.8) is 0 Å². The molecule has 2 aromatic carbocycles. The van der Waals surface area contributed by atoms with Crippen molar-refractivity contribution < 1.29 is 9.32 Å². The number of benzene rings is 2. The minimum absolute atomic E-state index is 0.0603. The molecule has 7 heteroatoms. The van der Waals surface area contributed by atoms with E-state index in [1.807, 2.05) is 24.3 Å². The monoisotopic (exact) mass is 387 g/mol. The van der Waals surface area contributed by atoms with Crippen LogP contribution >= 0.6 is 23.4 Å². The molecule has 0 unspecified atom stereocenters. The Bertz CT molecular complexity index is 881. The van der Waals surface area contributed by atoms with Crippen LogP contribution in [0.1, 0.15) is 17.0 Å². The first kappa shape index (κ1) is 18.5. The molecule has 0 aliphatic heterocycles. The summed E-state index contributed by atoms with van der Waals surface area (Å²) in [5.41, 5.74) is 3.29. The third kappa shape index (κ3) is 5.09. The Balaban J connectivity index is 1.45. The van der Waals surface area contributed by atoms with Crippen LogP contribution in [-0.2, 0) is 17.1 Å². The molecule has 1 aromatic heterocycles. The number of carbonyl (C=O) groups excluding carboxylic acids is 1. The number of hydrogen-bond donors (Lipinski definition) is 1. The summed E-state index contributed by atoms with van der Waals surface area (Å²) in [6.45, 7) is 2.29. The maximum atomic E-state index is 12.0. The van der Waals surface area contributed by atoms with Gasteiger partial charge in [-0.1, -0.05) is 41.0 Å². The summed E-state index contributed by atoms with van der Waals surface area (Å²) in [6, 6.07) is 15.3. The second-order valence-electron chi connectivity index (χ2n) is 5.71. The van der Waals surface area contributed by atoms with E-state index in [1.165, 1.54) is 11.1 Å². The maximum Gasteiger partial charge on any atom is 0.246 e. The van der Waals surface area contributed by atoms with E-state index in [9.17, 15) is 4.79 Å². The highest BCUT2D eigenvalue weighted by Gasteiger charge is 2.10. The van der Waals surface area contributed by atoms with Gasteiger partial charge in [0.15, 0.2) is 0 Å². The average molecular weight is 388 g/mol. The number of rotatable bonds is 7. The Morgan fingerprint density at radius 2 is 1.96 bits per heavy atom. The van der Waals surface area contributed by atoms with Gasteiger partial charge >= 0.3 is 0 Å². The topological polar surface area (TPSA) is 68.0 Å². The van der Waals surface area contributed by atoms with E-state index in [2.05, 4.69) is 34.5 Å². The summed E-state index contributed by atoms with van der Waals surface area (Å²) in [4.78, 5) is 16.2. The van der Waals surface area contributed by atoms with Gasteiger partial charge in [-0.05, 0) is 42.3 Å². The fourth-order valence-corrected chi connectivity index (χ4v) is 3.35. The van der Waals surface area contributed by atoms with E-state index in [-0.39, 0.29) is 12.5 Å². The van der Waals surface area contributed by atoms with E-state index < -0.39 is 0 Å². The molecule has 0 radical (unpaired) electrons. The van der Waals surface area contributed by atoms with Gasteiger partial charge in [0.2, 0.25) is 17.6 Å². The molecule has 134 valence electrons. The average Bonchev–Trinajstić information content (AvgIpc) is 3.11. The molecule has 1 heterocycles. The second kappa shape index (κ2) is 8.87. The molecule has 26 heavy (non-hydrogen) atoms. The highest BCUT2D eigenvalue weighted by Crippen LogP contribution is 2.19. The molecule has 0 spiro atoms. The van der Waals surface area contributed by atoms with Gasteiger partial charge in [0.25, 0.3) is 0 Å². The Hall–Kier alpha value is -2.31. The molecule has 1 N–H and O–H groups in total. The number of aryl methyl sites for hydroxylation is 1. The van der Waals surface area contributed by atoms with Crippen molar-refractivity contribution in [3.8, 4) is 11.4 Å². The first-order valence-corrected chi connectivity index (χ1v) is 9.62. The van der Waals surface area contributed by atoms with Crippen LogP contribution in [0.5, 0.6) is 0 Å². The van der Waals surface area contributed by atoms with Crippen LogP contribution in [0, 0.1) is 6.92 Å². The summed E-state index contributed by atoms with van der Waals surface area (Å²) in [5, 5.41) is 7.36. The van der Waals surface area contributed by atoms with E-state index in [0.29, 0.717) is 22.5 Å². The molecule has 0 aliphatic rings. The van der Waals surface area contributed by atoms with E-state index in [4.69, 9.17) is 16.1 Å². The van der Waals surface area contributed by atoms with Gasteiger partial charge in [-0.25, -0.2) is 0 Å². The number of thioether (sulfide) groups is 1. The summed E-state index contributed by atoms with van der Waals surface area (Å²) in [6.07, 6.45) is 0. The Morgan fingerprint density at radius 1 is 1.19 bits per heavy atom. The number of carbonyl (C=O) groups is 1. The molecule has 0 fully saturated rings. The number of aromatic nitrogens is 2. The third-order valence-electron chi connectivity index (χ3n) is 3.76. The van der Waals surface area contributed by atoms with E-state index >= 15 is 0 Å². The minimum atomic E-state index is -0.0603. The molecule has 1 amide bonds. The summed E-state index contributed by atoms with van der Waals surface area (Å²) in [7, 11) is 0. The Labute approximate surface area is 161 Å². The second-order valence-corrected chi connectivity index (χ2v) is 7.14.